The molecular weight excluding hydrogens is 324 g/mol. The Balaban J connectivity index is 1.52. The van der Waals surface area contributed by atoms with E-state index in [4.69, 9.17) is 4.52 Å². The van der Waals surface area contributed by atoms with Gasteiger partial charge in [-0.1, -0.05) is 12.1 Å². The number of rotatable bonds is 6. The van der Waals surface area contributed by atoms with Crippen LogP contribution in [0.5, 0.6) is 0 Å². The fraction of sp³-hybridized carbons (Fsp3) is 0.529. The highest BCUT2D eigenvalue weighted by Gasteiger charge is 2.28. The van der Waals surface area contributed by atoms with Gasteiger partial charge < -0.3 is 9.84 Å². The lowest BCUT2D eigenvalue weighted by molar-refractivity contribution is -0.122. The molecule has 7 heteroatoms. The smallest absolute Gasteiger partial charge is 0.242 e. The number of amides is 1. The van der Waals surface area contributed by atoms with E-state index in [1.165, 1.54) is 5.56 Å². The molecule has 0 radical (unpaired) electrons. The van der Waals surface area contributed by atoms with Crippen LogP contribution in [0.2, 0.25) is 0 Å². The first-order valence-electron chi connectivity index (χ1n) is 8.37. The number of hydrogen-bond acceptors (Lipinski definition) is 6. The van der Waals surface area contributed by atoms with Gasteiger partial charge in [0.05, 0.1) is 6.04 Å². The van der Waals surface area contributed by atoms with E-state index in [0.717, 1.165) is 39.1 Å². The molecule has 0 aromatic carbocycles. The fourth-order valence-corrected chi connectivity index (χ4v) is 3.78. The molecule has 1 aliphatic heterocycles. The van der Waals surface area contributed by atoms with Gasteiger partial charge in [0.1, 0.15) is 5.76 Å². The van der Waals surface area contributed by atoms with Crippen LogP contribution in [-0.4, -0.2) is 53.1 Å². The summed E-state index contributed by atoms with van der Waals surface area (Å²) >= 11 is 1.74. The average molecular weight is 348 g/mol. The van der Waals surface area contributed by atoms with Crippen LogP contribution < -0.4 is 5.32 Å². The molecule has 1 fully saturated rings. The van der Waals surface area contributed by atoms with Crippen LogP contribution in [0.4, 0.5) is 5.82 Å². The van der Waals surface area contributed by atoms with Crippen molar-refractivity contribution in [3.63, 3.8) is 0 Å². The quantitative estimate of drug-likeness (QED) is 0.869. The minimum Gasteiger partial charge on any atom is -0.360 e. The second-order valence-corrected chi connectivity index (χ2v) is 6.96. The Labute approximate surface area is 146 Å². The summed E-state index contributed by atoms with van der Waals surface area (Å²) < 4.78 is 5.00. The number of piperazine rings is 1. The zero-order valence-electron chi connectivity index (χ0n) is 14.2. The third-order valence-electron chi connectivity index (χ3n) is 4.40. The van der Waals surface area contributed by atoms with E-state index in [9.17, 15) is 4.79 Å². The van der Waals surface area contributed by atoms with Gasteiger partial charge in [-0.25, -0.2) is 0 Å². The topological polar surface area (TPSA) is 61.6 Å². The van der Waals surface area contributed by atoms with Gasteiger partial charge in [-0.15, -0.1) is 0 Å². The van der Waals surface area contributed by atoms with Gasteiger partial charge in [0.15, 0.2) is 5.82 Å². The summed E-state index contributed by atoms with van der Waals surface area (Å²) in [5, 5.41) is 11.0. The first-order chi connectivity index (χ1) is 11.7. The molecule has 3 heterocycles. The minimum absolute atomic E-state index is 0.00270. The molecule has 24 heavy (non-hydrogen) atoms. The number of nitrogens with zero attached hydrogens (tertiary/aromatic N) is 3. The van der Waals surface area contributed by atoms with Crippen LogP contribution in [0.1, 0.15) is 24.7 Å². The van der Waals surface area contributed by atoms with E-state index >= 15 is 0 Å². The van der Waals surface area contributed by atoms with Crippen LogP contribution in [0.15, 0.2) is 27.4 Å². The molecule has 0 unspecified atom stereocenters. The molecular formula is C17H24N4O2S. The molecule has 0 spiro atoms. The lowest BCUT2D eigenvalue weighted by atomic mass is 10.1. The summed E-state index contributed by atoms with van der Waals surface area (Å²) in [5.74, 6) is 1.18. The number of thiophene rings is 1. The third kappa shape index (κ3) is 4.23. The monoisotopic (exact) mass is 348 g/mol. The summed E-state index contributed by atoms with van der Waals surface area (Å²) in [6.45, 7) is 8.66. The second kappa shape index (κ2) is 7.92. The molecule has 1 saturated heterocycles. The zero-order chi connectivity index (χ0) is 16.9. The second-order valence-electron chi connectivity index (χ2n) is 6.18. The van der Waals surface area contributed by atoms with Gasteiger partial charge in [0.25, 0.3) is 0 Å². The first-order valence-corrected chi connectivity index (χ1v) is 9.31. The SMILES string of the molecule is CC[C@@H](C(=O)Nc1cc(C)on1)N1CCN(Cc2ccsc2)CC1. The van der Waals surface area contributed by atoms with Crippen LogP contribution in [0.3, 0.4) is 0 Å². The molecule has 6 nitrogen and oxygen atoms in total. The van der Waals surface area contributed by atoms with Crippen LogP contribution >= 0.6 is 11.3 Å². The van der Waals surface area contributed by atoms with E-state index in [1.807, 2.05) is 6.92 Å². The van der Waals surface area contributed by atoms with Crippen LogP contribution in [0.25, 0.3) is 0 Å². The van der Waals surface area contributed by atoms with E-state index < -0.39 is 0 Å². The van der Waals surface area contributed by atoms with Crippen LogP contribution in [0, 0.1) is 6.92 Å². The minimum atomic E-state index is -0.120. The Kier molecular flexibility index (Phi) is 5.65. The van der Waals surface area contributed by atoms with Crippen molar-refractivity contribution in [1.29, 1.82) is 0 Å². The first kappa shape index (κ1) is 17.1. The summed E-state index contributed by atoms with van der Waals surface area (Å²) in [7, 11) is 0. The Bertz CT molecular complexity index is 647. The van der Waals surface area contributed by atoms with E-state index in [2.05, 4.69) is 44.0 Å². The lowest BCUT2D eigenvalue weighted by Crippen LogP contribution is -2.53. The molecule has 130 valence electrons. The molecule has 0 saturated carbocycles. The van der Waals surface area contributed by atoms with Gasteiger partial charge in [-0.3, -0.25) is 14.6 Å². The van der Waals surface area contributed by atoms with Gasteiger partial charge in [0.2, 0.25) is 5.91 Å². The van der Waals surface area contributed by atoms with Crippen molar-refractivity contribution in [3.05, 3.63) is 34.2 Å². The third-order valence-corrected chi connectivity index (χ3v) is 5.13. The molecule has 2 aromatic rings. The number of hydrogen-bond donors (Lipinski definition) is 1. The fourth-order valence-electron chi connectivity index (χ4n) is 3.12. The highest BCUT2D eigenvalue weighted by molar-refractivity contribution is 7.07. The summed E-state index contributed by atoms with van der Waals surface area (Å²) in [5.41, 5.74) is 1.37. The number of aromatic nitrogens is 1. The molecule has 2 aromatic heterocycles. The maximum Gasteiger partial charge on any atom is 0.242 e. The summed E-state index contributed by atoms with van der Waals surface area (Å²) in [6.07, 6.45) is 0.785. The number of anilines is 1. The Hall–Kier alpha value is -1.70. The van der Waals surface area contributed by atoms with Gasteiger partial charge in [-0.05, 0) is 35.7 Å². The maximum atomic E-state index is 12.5. The molecule has 1 N–H and O–H groups in total. The van der Waals surface area contributed by atoms with Crippen molar-refractivity contribution in [2.24, 2.45) is 0 Å². The van der Waals surface area contributed by atoms with Gasteiger partial charge >= 0.3 is 0 Å². The molecule has 0 aliphatic carbocycles. The van der Waals surface area contributed by atoms with Crippen molar-refractivity contribution in [1.82, 2.24) is 15.0 Å². The molecule has 3 rings (SSSR count). The van der Waals surface area contributed by atoms with Crippen molar-refractivity contribution in [3.8, 4) is 0 Å². The summed E-state index contributed by atoms with van der Waals surface area (Å²) in [6, 6.07) is 3.80. The van der Waals surface area contributed by atoms with Crippen molar-refractivity contribution >= 4 is 23.1 Å². The molecule has 1 aliphatic rings. The standard InChI is InChI=1S/C17H24N4O2S/c1-3-15(17(22)18-16-10-13(2)23-19-16)21-7-5-20(6-8-21)11-14-4-9-24-12-14/h4,9-10,12,15H,3,5-8,11H2,1-2H3,(H,18,19,22)/t15-/m0/s1. The molecule has 1 atom stereocenters. The number of nitrogens with one attached hydrogen (secondary N) is 1. The zero-order valence-corrected chi connectivity index (χ0v) is 15.0. The lowest BCUT2D eigenvalue weighted by Gasteiger charge is -2.38. The predicted octanol–water partition coefficient (Wildman–Crippen LogP) is 2.58. The van der Waals surface area contributed by atoms with E-state index in [-0.39, 0.29) is 11.9 Å². The number of carbonyl (C=O) groups excluding carboxylic acids is 1. The van der Waals surface area contributed by atoms with Gasteiger partial charge in [0, 0.05) is 38.8 Å². The number of aryl methyl sites for hydroxylation is 1. The predicted molar refractivity (Wildman–Crippen MR) is 95.1 cm³/mol. The normalized spacial score (nSPS) is 17.8. The number of carbonyl (C=O) groups is 1. The van der Waals surface area contributed by atoms with E-state index in [0.29, 0.717) is 11.6 Å². The largest absolute Gasteiger partial charge is 0.360 e. The van der Waals surface area contributed by atoms with Crippen molar-refractivity contribution < 1.29 is 9.32 Å². The Morgan fingerprint density at radius 2 is 2.21 bits per heavy atom. The molecule has 1 amide bonds. The summed E-state index contributed by atoms with van der Waals surface area (Å²) in [4.78, 5) is 17.3. The highest BCUT2D eigenvalue weighted by Crippen LogP contribution is 2.16. The van der Waals surface area contributed by atoms with E-state index in [1.54, 1.807) is 17.4 Å². The van der Waals surface area contributed by atoms with Crippen LogP contribution in [-0.2, 0) is 11.3 Å². The Morgan fingerprint density at radius 1 is 1.42 bits per heavy atom. The van der Waals surface area contributed by atoms with Gasteiger partial charge in [-0.2, -0.15) is 11.3 Å². The maximum absolute atomic E-state index is 12.5. The molecule has 0 bridgehead atoms. The average Bonchev–Trinajstić information content (AvgIpc) is 3.22. The Morgan fingerprint density at radius 3 is 2.79 bits per heavy atom. The highest BCUT2D eigenvalue weighted by atomic mass is 32.1. The van der Waals surface area contributed by atoms with Crippen molar-refractivity contribution in [2.45, 2.75) is 32.9 Å². The van der Waals surface area contributed by atoms with Crippen molar-refractivity contribution in [2.75, 3.05) is 31.5 Å².